The van der Waals surface area contributed by atoms with Gasteiger partial charge in [-0.3, -0.25) is 4.99 Å². The topological polar surface area (TPSA) is 100 Å². The summed E-state index contributed by atoms with van der Waals surface area (Å²) in [7, 11) is 4.07. The lowest BCUT2D eigenvalue weighted by Crippen LogP contribution is -2.38. The molecule has 3 N–H and O–H groups in total. The number of anilines is 1. The predicted molar refractivity (Wildman–Crippen MR) is 124 cm³/mol. The zero-order valence-electron chi connectivity index (χ0n) is 18.4. The van der Waals surface area contributed by atoms with Gasteiger partial charge in [-0.05, 0) is 44.0 Å². The molecule has 0 bridgehead atoms. The molecule has 0 saturated carbocycles. The minimum atomic E-state index is 0.378. The molecule has 0 amide bonds. The molecule has 1 aromatic carbocycles. The van der Waals surface area contributed by atoms with Crippen LogP contribution in [0.5, 0.6) is 0 Å². The van der Waals surface area contributed by atoms with Crippen LogP contribution in [0.25, 0.3) is 5.69 Å². The quantitative estimate of drug-likeness (QED) is 0.333. The van der Waals surface area contributed by atoms with E-state index >= 15 is 0 Å². The number of nitrogens with zero attached hydrogens (tertiary/aromatic N) is 6. The number of nitrogens with one attached hydrogen (secondary N) is 1. The fourth-order valence-electron chi connectivity index (χ4n) is 3.42. The molecule has 0 atom stereocenters. The molecule has 0 aliphatic carbocycles. The molecule has 0 saturated heterocycles. The van der Waals surface area contributed by atoms with E-state index in [1.54, 1.807) is 4.68 Å². The van der Waals surface area contributed by atoms with Crippen LogP contribution in [0.2, 0.25) is 0 Å². The highest BCUT2D eigenvalue weighted by molar-refractivity contribution is 5.79. The van der Waals surface area contributed by atoms with Crippen LogP contribution in [0.3, 0.4) is 0 Å². The number of nitrogen functional groups attached to an aromatic ring is 1. The second kappa shape index (κ2) is 10.3. The van der Waals surface area contributed by atoms with E-state index in [1.165, 1.54) is 5.69 Å². The van der Waals surface area contributed by atoms with Gasteiger partial charge in [0.15, 0.2) is 5.96 Å². The Kier molecular flexibility index (Phi) is 7.33. The fraction of sp³-hybridized carbons (Fsp3) is 0.348. The van der Waals surface area contributed by atoms with Crippen molar-refractivity contribution in [1.29, 1.82) is 5.26 Å². The van der Waals surface area contributed by atoms with Crippen LogP contribution in [0.4, 0.5) is 5.82 Å². The Morgan fingerprint density at radius 1 is 1.26 bits per heavy atom. The summed E-state index contributed by atoms with van der Waals surface area (Å²) in [5.41, 5.74) is 9.40. The smallest absolute Gasteiger partial charge is 0.194 e. The molecule has 0 spiro atoms. The number of nitriles is 1. The molecule has 0 aliphatic rings. The van der Waals surface area contributed by atoms with Gasteiger partial charge in [0.1, 0.15) is 17.5 Å². The number of guanidine groups is 1. The number of aryl methyl sites for hydroxylation is 2. The van der Waals surface area contributed by atoms with Gasteiger partial charge in [0.25, 0.3) is 0 Å². The Hall–Kier alpha value is -3.73. The van der Waals surface area contributed by atoms with E-state index < -0.39 is 0 Å². The third kappa shape index (κ3) is 5.25. The highest BCUT2D eigenvalue weighted by atomic mass is 15.3. The van der Waals surface area contributed by atoms with Gasteiger partial charge in [-0.1, -0.05) is 18.2 Å². The molecule has 0 fully saturated rings. The number of para-hydroxylation sites is 1. The number of nitrogens with two attached hydrogens (primary N) is 1. The molecular formula is C23H30N8. The maximum atomic E-state index is 9.56. The summed E-state index contributed by atoms with van der Waals surface area (Å²) in [6.45, 7) is 4.26. The predicted octanol–water partition coefficient (Wildman–Crippen LogP) is 2.69. The number of hydrogen-bond donors (Lipinski definition) is 2. The Labute approximate surface area is 183 Å². The van der Waals surface area contributed by atoms with Crippen LogP contribution >= 0.6 is 0 Å². The summed E-state index contributed by atoms with van der Waals surface area (Å²) in [6.07, 6.45) is 3.45. The second-order valence-corrected chi connectivity index (χ2v) is 7.37. The van der Waals surface area contributed by atoms with Crippen molar-refractivity contribution in [1.82, 2.24) is 24.6 Å². The number of rotatable bonds is 8. The zero-order valence-corrected chi connectivity index (χ0v) is 18.4. The van der Waals surface area contributed by atoms with Crippen molar-refractivity contribution in [2.45, 2.75) is 26.3 Å². The number of aromatic nitrogens is 3. The zero-order chi connectivity index (χ0) is 22.2. The van der Waals surface area contributed by atoms with Crippen LogP contribution in [0, 0.1) is 11.3 Å². The van der Waals surface area contributed by atoms with E-state index in [4.69, 9.17) is 10.7 Å². The first-order chi connectivity index (χ1) is 15.0. The summed E-state index contributed by atoms with van der Waals surface area (Å²) in [6, 6.07) is 16.0. The molecule has 0 radical (unpaired) electrons. The van der Waals surface area contributed by atoms with Gasteiger partial charge in [0, 0.05) is 39.1 Å². The molecule has 8 nitrogen and oxygen atoms in total. The van der Waals surface area contributed by atoms with Gasteiger partial charge in [-0.25, -0.2) is 4.68 Å². The second-order valence-electron chi connectivity index (χ2n) is 7.37. The van der Waals surface area contributed by atoms with Crippen molar-refractivity contribution in [3.8, 4) is 11.8 Å². The van der Waals surface area contributed by atoms with E-state index in [-0.39, 0.29) is 0 Å². The first-order valence-corrected chi connectivity index (χ1v) is 10.5. The molecule has 0 unspecified atom stereocenters. The third-order valence-corrected chi connectivity index (χ3v) is 5.09. The van der Waals surface area contributed by atoms with Crippen molar-refractivity contribution < 1.29 is 0 Å². The maximum absolute atomic E-state index is 9.56. The van der Waals surface area contributed by atoms with Crippen molar-refractivity contribution in [2.75, 3.05) is 25.9 Å². The molecule has 2 heterocycles. The minimum Gasteiger partial charge on any atom is -0.382 e. The van der Waals surface area contributed by atoms with E-state index in [1.807, 2.05) is 56.7 Å². The normalized spacial score (nSPS) is 11.4. The first kappa shape index (κ1) is 22.0. The lowest BCUT2D eigenvalue weighted by molar-refractivity contribution is 0.461. The molecule has 3 rings (SSSR count). The summed E-state index contributed by atoms with van der Waals surface area (Å²) < 4.78 is 3.74. The number of aliphatic imine (C=N–C) groups is 1. The van der Waals surface area contributed by atoms with Crippen molar-refractivity contribution in [2.24, 2.45) is 12.0 Å². The van der Waals surface area contributed by atoms with Gasteiger partial charge in [0.2, 0.25) is 0 Å². The van der Waals surface area contributed by atoms with Crippen molar-refractivity contribution in [3.63, 3.8) is 0 Å². The minimum absolute atomic E-state index is 0.378. The van der Waals surface area contributed by atoms with Crippen LogP contribution in [0.15, 0.2) is 53.7 Å². The van der Waals surface area contributed by atoms with Crippen LogP contribution in [0.1, 0.15) is 30.3 Å². The van der Waals surface area contributed by atoms with E-state index in [2.05, 4.69) is 38.9 Å². The van der Waals surface area contributed by atoms with Crippen LogP contribution in [-0.2, 0) is 20.0 Å². The average Bonchev–Trinajstić information content (AvgIpc) is 3.32. The van der Waals surface area contributed by atoms with Gasteiger partial charge in [-0.15, -0.1) is 0 Å². The van der Waals surface area contributed by atoms with Crippen molar-refractivity contribution in [3.05, 3.63) is 65.6 Å². The highest BCUT2D eigenvalue weighted by Gasteiger charge is 2.16. The highest BCUT2D eigenvalue weighted by Crippen LogP contribution is 2.21. The monoisotopic (exact) mass is 418 g/mol. The lowest BCUT2D eigenvalue weighted by Gasteiger charge is -2.22. The largest absolute Gasteiger partial charge is 0.382 e. The third-order valence-electron chi connectivity index (χ3n) is 5.09. The number of benzene rings is 1. The van der Waals surface area contributed by atoms with E-state index in [0.29, 0.717) is 30.0 Å². The molecule has 162 valence electrons. The Morgan fingerprint density at radius 2 is 2.03 bits per heavy atom. The van der Waals surface area contributed by atoms with Crippen LogP contribution < -0.4 is 11.1 Å². The SMILES string of the molecule is CCNC(=NCCCc1nn(-c2ccccc2)c(N)c1C#N)N(C)Cc1cccn1C. The summed E-state index contributed by atoms with van der Waals surface area (Å²) in [5.74, 6) is 1.24. The van der Waals surface area contributed by atoms with Gasteiger partial charge in [0.05, 0.1) is 17.9 Å². The standard InChI is InChI=1S/C23H30N8/c1-4-26-23(30(3)17-19-12-9-15-29(19)2)27-14-8-13-21-20(16-24)22(25)31(28-21)18-10-6-5-7-11-18/h5-7,9-12,15H,4,8,13-14,17,25H2,1-3H3,(H,26,27). The Bertz CT molecular complexity index is 1060. The molecule has 8 heteroatoms. The molecule has 2 aromatic heterocycles. The molecule has 3 aromatic rings. The van der Waals surface area contributed by atoms with E-state index in [9.17, 15) is 5.26 Å². The summed E-state index contributed by atoms with van der Waals surface area (Å²) >= 11 is 0. The molecule has 0 aliphatic heterocycles. The fourth-order valence-corrected chi connectivity index (χ4v) is 3.42. The number of hydrogen-bond acceptors (Lipinski definition) is 4. The lowest BCUT2D eigenvalue weighted by atomic mass is 10.1. The first-order valence-electron chi connectivity index (χ1n) is 10.5. The summed E-state index contributed by atoms with van der Waals surface area (Å²) in [4.78, 5) is 6.87. The Balaban J connectivity index is 1.66. The van der Waals surface area contributed by atoms with Gasteiger partial charge >= 0.3 is 0 Å². The van der Waals surface area contributed by atoms with E-state index in [0.717, 1.165) is 31.2 Å². The maximum Gasteiger partial charge on any atom is 0.194 e. The van der Waals surface area contributed by atoms with Crippen molar-refractivity contribution >= 4 is 11.8 Å². The average molecular weight is 419 g/mol. The van der Waals surface area contributed by atoms with Gasteiger partial charge in [-0.2, -0.15) is 10.4 Å². The van der Waals surface area contributed by atoms with Gasteiger partial charge < -0.3 is 20.5 Å². The Morgan fingerprint density at radius 3 is 2.68 bits per heavy atom. The summed E-state index contributed by atoms with van der Waals surface area (Å²) in [5, 5.41) is 17.5. The molecule has 31 heavy (non-hydrogen) atoms. The van der Waals surface area contributed by atoms with Crippen LogP contribution in [-0.4, -0.2) is 45.3 Å². The molecular weight excluding hydrogens is 388 g/mol.